The van der Waals surface area contributed by atoms with E-state index >= 15 is 0 Å². The molecule has 2 aliphatic heterocycles. The first-order valence-electron chi connectivity index (χ1n) is 8.72. The van der Waals surface area contributed by atoms with Gasteiger partial charge in [0.05, 0.1) is 12.1 Å². The number of piperidine rings is 1. The van der Waals surface area contributed by atoms with Gasteiger partial charge in [-0.3, -0.25) is 4.79 Å². The highest BCUT2D eigenvalue weighted by atomic mass is 35.5. The lowest BCUT2D eigenvalue weighted by Gasteiger charge is -2.29. The fraction of sp³-hybridized carbons (Fsp3) is 0.474. The van der Waals surface area contributed by atoms with Crippen LogP contribution in [0.1, 0.15) is 36.9 Å². The molecule has 0 aliphatic carbocycles. The minimum Gasteiger partial charge on any atom is -0.353 e. The van der Waals surface area contributed by atoms with Crippen molar-refractivity contribution in [2.75, 3.05) is 0 Å². The summed E-state index contributed by atoms with van der Waals surface area (Å²) in [7, 11) is 0. The number of nitrogens with zero attached hydrogens (tertiary/aromatic N) is 1. The van der Waals surface area contributed by atoms with Crippen molar-refractivity contribution in [3.8, 4) is 10.6 Å². The number of rotatable bonds is 4. The number of fused-ring (bicyclic) bond motifs is 2. The summed E-state index contributed by atoms with van der Waals surface area (Å²) < 4.78 is 0. The highest BCUT2D eigenvalue weighted by molar-refractivity contribution is 7.13. The van der Waals surface area contributed by atoms with E-state index in [0.717, 1.165) is 29.1 Å². The summed E-state index contributed by atoms with van der Waals surface area (Å²) in [4.78, 5) is 17.0. The van der Waals surface area contributed by atoms with E-state index in [1.165, 1.54) is 18.4 Å². The van der Waals surface area contributed by atoms with Crippen LogP contribution in [0.3, 0.4) is 0 Å². The third kappa shape index (κ3) is 4.97. The second kappa shape index (κ2) is 9.18. The zero-order valence-corrected chi connectivity index (χ0v) is 17.2. The van der Waals surface area contributed by atoms with E-state index in [-0.39, 0.29) is 30.7 Å². The smallest absolute Gasteiger partial charge is 0.226 e. The first-order chi connectivity index (χ1) is 11.7. The molecule has 142 valence electrons. The maximum Gasteiger partial charge on any atom is 0.226 e. The quantitative estimate of drug-likeness (QED) is 0.798. The molecule has 2 aromatic rings. The Morgan fingerprint density at radius 1 is 1.19 bits per heavy atom. The highest BCUT2D eigenvalue weighted by Crippen LogP contribution is 2.27. The number of nitrogens with one attached hydrogen (secondary N) is 2. The molecule has 0 spiro atoms. The van der Waals surface area contributed by atoms with Crippen LogP contribution < -0.4 is 10.6 Å². The zero-order valence-electron chi connectivity index (χ0n) is 14.7. The second-order valence-electron chi connectivity index (χ2n) is 7.06. The van der Waals surface area contributed by atoms with E-state index in [9.17, 15) is 4.79 Å². The lowest BCUT2D eigenvalue weighted by atomic mass is 9.99. The maximum atomic E-state index is 12.3. The average molecular weight is 414 g/mol. The molecule has 2 fully saturated rings. The number of hydrogen-bond acceptors (Lipinski definition) is 4. The molecule has 0 saturated carbocycles. The summed E-state index contributed by atoms with van der Waals surface area (Å²) >= 11 is 1.61. The molecular formula is C19H25Cl2N3OS. The SMILES string of the molecule is Cc1ccc(-c2nc(CC(=O)NC3CC4CCC(C3)N4)cs2)cc1.Cl.Cl. The van der Waals surface area contributed by atoms with Crippen molar-refractivity contribution < 1.29 is 4.79 Å². The van der Waals surface area contributed by atoms with Gasteiger partial charge in [0, 0.05) is 29.1 Å². The van der Waals surface area contributed by atoms with Gasteiger partial charge in [-0.25, -0.2) is 4.98 Å². The van der Waals surface area contributed by atoms with Gasteiger partial charge in [-0.05, 0) is 32.6 Å². The molecule has 2 bridgehead atoms. The Bertz CT molecular complexity index is 723. The number of benzene rings is 1. The predicted molar refractivity (Wildman–Crippen MR) is 112 cm³/mol. The number of carbonyl (C=O) groups is 1. The fourth-order valence-electron chi connectivity index (χ4n) is 3.84. The molecule has 1 aromatic carbocycles. The molecule has 1 aromatic heterocycles. The van der Waals surface area contributed by atoms with Gasteiger partial charge in [0.2, 0.25) is 5.91 Å². The first-order valence-corrected chi connectivity index (χ1v) is 9.60. The van der Waals surface area contributed by atoms with Gasteiger partial charge in [-0.15, -0.1) is 36.2 Å². The Hall–Kier alpha value is -1.14. The normalized spacial score (nSPS) is 23.7. The third-order valence-electron chi connectivity index (χ3n) is 5.03. The van der Waals surface area contributed by atoms with Crippen molar-refractivity contribution >= 4 is 42.1 Å². The zero-order chi connectivity index (χ0) is 16.5. The van der Waals surface area contributed by atoms with Crippen molar-refractivity contribution in [1.29, 1.82) is 0 Å². The summed E-state index contributed by atoms with van der Waals surface area (Å²) in [5.74, 6) is 0.0991. The topological polar surface area (TPSA) is 54.0 Å². The van der Waals surface area contributed by atoms with Crippen LogP contribution in [-0.4, -0.2) is 29.0 Å². The first kappa shape index (κ1) is 21.2. The molecule has 2 saturated heterocycles. The average Bonchev–Trinajstić information content (AvgIpc) is 3.14. The van der Waals surface area contributed by atoms with Crippen molar-refractivity contribution in [2.24, 2.45) is 0 Å². The second-order valence-corrected chi connectivity index (χ2v) is 7.92. The lowest BCUT2D eigenvalue weighted by Crippen LogP contribution is -2.48. The van der Waals surface area contributed by atoms with Crippen LogP contribution in [-0.2, 0) is 11.2 Å². The standard InChI is InChI=1S/C19H23N3OS.2ClH/c1-12-2-4-13(5-3-12)19-22-17(11-24-19)10-18(23)21-16-8-14-6-7-15(9-16)20-14;;/h2-5,11,14-16,20H,6-10H2,1H3,(H,21,23);2*1H. The number of amides is 1. The van der Waals surface area contributed by atoms with Crippen LogP contribution in [0.4, 0.5) is 0 Å². The van der Waals surface area contributed by atoms with Gasteiger partial charge in [-0.2, -0.15) is 0 Å². The molecule has 0 radical (unpaired) electrons. The molecule has 4 rings (SSSR count). The molecule has 2 atom stereocenters. The summed E-state index contributed by atoms with van der Waals surface area (Å²) in [6.45, 7) is 2.08. The fourth-order valence-corrected chi connectivity index (χ4v) is 4.66. The van der Waals surface area contributed by atoms with Crippen LogP contribution in [0, 0.1) is 6.92 Å². The Labute approximate surface area is 171 Å². The number of thiazole rings is 1. The summed E-state index contributed by atoms with van der Waals surface area (Å²) in [5.41, 5.74) is 3.23. The minimum absolute atomic E-state index is 0. The molecule has 2 unspecified atom stereocenters. The van der Waals surface area contributed by atoms with Gasteiger partial charge >= 0.3 is 0 Å². The van der Waals surface area contributed by atoms with E-state index in [0.29, 0.717) is 24.5 Å². The van der Waals surface area contributed by atoms with E-state index < -0.39 is 0 Å². The van der Waals surface area contributed by atoms with Gasteiger partial charge in [0.25, 0.3) is 0 Å². The van der Waals surface area contributed by atoms with E-state index in [4.69, 9.17) is 0 Å². The molecule has 7 heteroatoms. The van der Waals surface area contributed by atoms with Gasteiger partial charge in [0.1, 0.15) is 5.01 Å². The van der Waals surface area contributed by atoms with E-state index in [2.05, 4.69) is 46.8 Å². The Kier molecular flexibility index (Phi) is 7.47. The number of halogens is 2. The van der Waals surface area contributed by atoms with Crippen LogP contribution in [0.25, 0.3) is 10.6 Å². The van der Waals surface area contributed by atoms with Crippen molar-refractivity contribution in [3.05, 3.63) is 40.9 Å². The largest absolute Gasteiger partial charge is 0.353 e. The number of aryl methyl sites for hydroxylation is 1. The van der Waals surface area contributed by atoms with Gasteiger partial charge in [0.15, 0.2) is 0 Å². The van der Waals surface area contributed by atoms with Crippen molar-refractivity contribution in [3.63, 3.8) is 0 Å². The molecular weight excluding hydrogens is 389 g/mol. The predicted octanol–water partition coefficient (Wildman–Crippen LogP) is 3.90. The van der Waals surface area contributed by atoms with E-state index in [1.807, 2.05) is 5.38 Å². The highest BCUT2D eigenvalue weighted by Gasteiger charge is 2.33. The van der Waals surface area contributed by atoms with Crippen LogP contribution in [0.15, 0.2) is 29.6 Å². The molecule has 26 heavy (non-hydrogen) atoms. The third-order valence-corrected chi connectivity index (χ3v) is 5.97. The molecule has 4 nitrogen and oxygen atoms in total. The van der Waals surface area contributed by atoms with Crippen molar-refractivity contribution in [1.82, 2.24) is 15.6 Å². The maximum absolute atomic E-state index is 12.3. The molecule has 1 amide bonds. The van der Waals surface area contributed by atoms with Crippen LogP contribution >= 0.6 is 36.2 Å². The monoisotopic (exact) mass is 413 g/mol. The Morgan fingerprint density at radius 3 is 2.50 bits per heavy atom. The van der Waals surface area contributed by atoms with Gasteiger partial charge in [-0.1, -0.05) is 29.8 Å². The van der Waals surface area contributed by atoms with Gasteiger partial charge < -0.3 is 10.6 Å². The number of carbonyl (C=O) groups excluding carboxylic acids is 1. The summed E-state index contributed by atoms with van der Waals surface area (Å²) in [5, 5.41) is 9.80. The summed E-state index contributed by atoms with van der Waals surface area (Å²) in [6.07, 6.45) is 5.01. The Morgan fingerprint density at radius 2 is 1.85 bits per heavy atom. The van der Waals surface area contributed by atoms with Crippen LogP contribution in [0.5, 0.6) is 0 Å². The Balaban J connectivity index is 0.00000121. The summed E-state index contributed by atoms with van der Waals surface area (Å²) in [6, 6.07) is 9.88. The molecule has 2 N–H and O–H groups in total. The van der Waals surface area contributed by atoms with Crippen molar-refractivity contribution in [2.45, 2.75) is 57.2 Å². The molecule has 3 heterocycles. The molecule has 2 aliphatic rings. The minimum atomic E-state index is 0. The van der Waals surface area contributed by atoms with Crippen LogP contribution in [0.2, 0.25) is 0 Å². The lowest BCUT2D eigenvalue weighted by molar-refractivity contribution is -0.121. The van der Waals surface area contributed by atoms with E-state index in [1.54, 1.807) is 11.3 Å². The number of aromatic nitrogens is 1. The number of hydrogen-bond donors (Lipinski definition) is 2.